The number of rotatable bonds is 4. The molecule has 3 N–H and O–H groups in total. The number of nitrogens with two attached hydrogens (primary N) is 1. The smallest absolute Gasteiger partial charge is 0.246 e. The minimum atomic E-state index is -0.267. The van der Waals surface area contributed by atoms with Gasteiger partial charge in [0.1, 0.15) is 18.1 Å². The predicted octanol–water partition coefficient (Wildman–Crippen LogP) is 0.984. The molecular formula is C13H13N5O2. The van der Waals surface area contributed by atoms with Crippen LogP contribution in [0.25, 0.3) is 0 Å². The van der Waals surface area contributed by atoms with Gasteiger partial charge in [0.2, 0.25) is 5.91 Å². The molecule has 7 heteroatoms. The molecule has 0 saturated carbocycles. The van der Waals surface area contributed by atoms with Crippen LogP contribution in [0, 0.1) is 11.3 Å². The Morgan fingerprint density at radius 3 is 2.95 bits per heavy atom. The van der Waals surface area contributed by atoms with Crippen LogP contribution >= 0.6 is 0 Å². The minimum absolute atomic E-state index is 0.0420. The van der Waals surface area contributed by atoms with E-state index in [0.29, 0.717) is 22.8 Å². The summed E-state index contributed by atoms with van der Waals surface area (Å²) in [5.41, 5.74) is 6.43. The van der Waals surface area contributed by atoms with Crippen LogP contribution in [0.1, 0.15) is 5.56 Å². The zero-order valence-corrected chi connectivity index (χ0v) is 10.8. The molecule has 0 unspecified atom stereocenters. The van der Waals surface area contributed by atoms with E-state index in [1.54, 1.807) is 30.5 Å². The fourth-order valence-electron chi connectivity index (χ4n) is 1.67. The highest BCUT2D eigenvalue weighted by Gasteiger charge is 2.09. The predicted molar refractivity (Wildman–Crippen MR) is 73.0 cm³/mol. The summed E-state index contributed by atoms with van der Waals surface area (Å²) in [4.78, 5) is 11.9. The average Bonchev–Trinajstić information content (AvgIpc) is 2.84. The van der Waals surface area contributed by atoms with Gasteiger partial charge in [-0.2, -0.15) is 10.4 Å². The maximum absolute atomic E-state index is 11.9. The Kier molecular flexibility index (Phi) is 3.86. The Morgan fingerprint density at radius 2 is 2.35 bits per heavy atom. The number of nitrogens with one attached hydrogen (secondary N) is 1. The number of amides is 1. The van der Waals surface area contributed by atoms with Crippen molar-refractivity contribution in [3.8, 4) is 11.8 Å². The number of nitriles is 1. The summed E-state index contributed by atoms with van der Waals surface area (Å²) in [6.45, 7) is 0.0420. The van der Waals surface area contributed by atoms with Gasteiger partial charge in [0.15, 0.2) is 0 Å². The lowest BCUT2D eigenvalue weighted by atomic mass is 10.2. The maximum atomic E-state index is 11.9. The van der Waals surface area contributed by atoms with Gasteiger partial charge in [-0.1, -0.05) is 0 Å². The molecule has 1 heterocycles. The van der Waals surface area contributed by atoms with Crippen molar-refractivity contribution in [1.82, 2.24) is 9.78 Å². The molecule has 0 aliphatic rings. The molecule has 2 rings (SSSR count). The van der Waals surface area contributed by atoms with Crippen molar-refractivity contribution in [2.45, 2.75) is 6.54 Å². The highest BCUT2D eigenvalue weighted by Crippen LogP contribution is 2.25. The van der Waals surface area contributed by atoms with Gasteiger partial charge in [-0.05, 0) is 18.2 Å². The van der Waals surface area contributed by atoms with Crippen molar-refractivity contribution in [1.29, 1.82) is 5.26 Å². The summed E-state index contributed by atoms with van der Waals surface area (Å²) in [7, 11) is 1.47. The van der Waals surface area contributed by atoms with E-state index in [4.69, 9.17) is 15.7 Å². The average molecular weight is 271 g/mol. The van der Waals surface area contributed by atoms with Crippen LogP contribution in [0.2, 0.25) is 0 Å². The van der Waals surface area contributed by atoms with Crippen molar-refractivity contribution in [2.75, 3.05) is 18.2 Å². The van der Waals surface area contributed by atoms with E-state index in [9.17, 15) is 4.79 Å². The molecule has 0 radical (unpaired) electrons. The highest BCUT2D eigenvalue weighted by atomic mass is 16.5. The summed E-state index contributed by atoms with van der Waals surface area (Å²) in [5, 5.41) is 15.4. The van der Waals surface area contributed by atoms with Gasteiger partial charge in [-0.3, -0.25) is 9.48 Å². The highest BCUT2D eigenvalue weighted by molar-refractivity contribution is 5.92. The summed E-state index contributed by atoms with van der Waals surface area (Å²) in [5.74, 6) is 0.516. The van der Waals surface area contributed by atoms with E-state index in [1.165, 1.54) is 11.8 Å². The molecule has 1 aromatic heterocycles. The van der Waals surface area contributed by atoms with E-state index in [-0.39, 0.29) is 12.5 Å². The van der Waals surface area contributed by atoms with E-state index in [0.717, 1.165) is 0 Å². The number of carbonyl (C=O) groups is 1. The molecule has 0 fully saturated rings. The lowest BCUT2D eigenvalue weighted by Gasteiger charge is -2.10. The van der Waals surface area contributed by atoms with Gasteiger partial charge < -0.3 is 15.8 Å². The molecule has 1 amide bonds. The van der Waals surface area contributed by atoms with Crippen LogP contribution in [0.4, 0.5) is 11.5 Å². The topological polar surface area (TPSA) is 106 Å². The van der Waals surface area contributed by atoms with Crippen LogP contribution in [0.5, 0.6) is 5.75 Å². The molecule has 1 aromatic carbocycles. The molecule has 0 aliphatic carbocycles. The number of hydrogen-bond donors (Lipinski definition) is 2. The molecule has 0 bridgehead atoms. The van der Waals surface area contributed by atoms with Crippen LogP contribution in [-0.2, 0) is 11.3 Å². The van der Waals surface area contributed by atoms with Gasteiger partial charge in [0, 0.05) is 12.3 Å². The quantitative estimate of drug-likeness (QED) is 0.862. The SMILES string of the molecule is COc1cc(C#N)ccc1NC(=O)Cn1ccc(N)n1. The third-order valence-corrected chi connectivity index (χ3v) is 2.57. The molecule has 20 heavy (non-hydrogen) atoms. The second-order valence-electron chi connectivity index (χ2n) is 4.01. The first-order valence-corrected chi connectivity index (χ1v) is 5.79. The third kappa shape index (κ3) is 3.05. The van der Waals surface area contributed by atoms with Crippen molar-refractivity contribution in [3.05, 3.63) is 36.0 Å². The lowest BCUT2D eigenvalue weighted by molar-refractivity contribution is -0.116. The third-order valence-electron chi connectivity index (χ3n) is 2.57. The summed E-state index contributed by atoms with van der Waals surface area (Å²) in [6, 6.07) is 8.39. The Balaban J connectivity index is 2.09. The molecule has 2 aromatic rings. The zero-order chi connectivity index (χ0) is 14.5. The largest absolute Gasteiger partial charge is 0.495 e. The van der Waals surface area contributed by atoms with Crippen molar-refractivity contribution < 1.29 is 9.53 Å². The number of benzene rings is 1. The van der Waals surface area contributed by atoms with Crippen molar-refractivity contribution in [2.24, 2.45) is 0 Å². The van der Waals surface area contributed by atoms with E-state index >= 15 is 0 Å². The molecule has 0 atom stereocenters. The Morgan fingerprint density at radius 1 is 1.55 bits per heavy atom. The first kappa shape index (κ1) is 13.4. The van der Waals surface area contributed by atoms with Crippen molar-refractivity contribution >= 4 is 17.4 Å². The standard InChI is InChI=1S/C13H13N5O2/c1-20-11-6-9(7-14)2-3-10(11)16-13(19)8-18-5-4-12(15)17-18/h2-6H,8H2,1H3,(H2,15,17)(H,16,19). The van der Waals surface area contributed by atoms with Gasteiger partial charge >= 0.3 is 0 Å². The molecule has 102 valence electrons. The molecule has 7 nitrogen and oxygen atoms in total. The van der Waals surface area contributed by atoms with Gasteiger partial charge in [-0.15, -0.1) is 0 Å². The summed E-state index contributed by atoms with van der Waals surface area (Å²) in [6.07, 6.45) is 1.62. The van der Waals surface area contributed by atoms with Gasteiger partial charge in [0.25, 0.3) is 0 Å². The summed E-state index contributed by atoms with van der Waals surface area (Å²) < 4.78 is 6.57. The van der Waals surface area contributed by atoms with Crippen LogP contribution in [0.15, 0.2) is 30.5 Å². The van der Waals surface area contributed by atoms with Crippen LogP contribution in [-0.4, -0.2) is 22.8 Å². The van der Waals surface area contributed by atoms with Crippen molar-refractivity contribution in [3.63, 3.8) is 0 Å². The minimum Gasteiger partial charge on any atom is -0.495 e. The van der Waals surface area contributed by atoms with E-state index in [2.05, 4.69) is 10.4 Å². The fraction of sp³-hybridized carbons (Fsp3) is 0.154. The first-order chi connectivity index (χ1) is 9.62. The fourth-order valence-corrected chi connectivity index (χ4v) is 1.67. The van der Waals surface area contributed by atoms with Gasteiger partial charge in [-0.25, -0.2) is 0 Å². The number of methoxy groups -OCH3 is 1. The Labute approximate surface area is 115 Å². The summed E-state index contributed by atoms with van der Waals surface area (Å²) >= 11 is 0. The number of ether oxygens (including phenoxy) is 1. The Bertz CT molecular complexity index is 672. The Hall–Kier alpha value is -3.01. The second-order valence-corrected chi connectivity index (χ2v) is 4.01. The zero-order valence-electron chi connectivity index (χ0n) is 10.8. The van der Waals surface area contributed by atoms with Gasteiger partial charge in [0.05, 0.1) is 24.4 Å². The van der Waals surface area contributed by atoms with Crippen LogP contribution < -0.4 is 15.8 Å². The number of aromatic nitrogens is 2. The lowest BCUT2D eigenvalue weighted by Crippen LogP contribution is -2.19. The maximum Gasteiger partial charge on any atom is 0.246 e. The molecule has 0 saturated heterocycles. The molecule has 0 aliphatic heterocycles. The van der Waals surface area contributed by atoms with E-state index < -0.39 is 0 Å². The van der Waals surface area contributed by atoms with E-state index in [1.807, 2.05) is 6.07 Å². The number of nitrogen functional groups attached to an aromatic ring is 1. The first-order valence-electron chi connectivity index (χ1n) is 5.79. The number of carbonyl (C=O) groups excluding carboxylic acids is 1. The molecule has 0 spiro atoms. The number of nitrogens with zero attached hydrogens (tertiary/aromatic N) is 3. The number of anilines is 2. The van der Waals surface area contributed by atoms with Crippen LogP contribution in [0.3, 0.4) is 0 Å². The number of hydrogen-bond acceptors (Lipinski definition) is 5. The monoisotopic (exact) mass is 271 g/mol. The normalized spacial score (nSPS) is 9.80. The second kappa shape index (κ2) is 5.75. The molecular weight excluding hydrogens is 258 g/mol.